The molecule has 0 N–H and O–H groups in total. The Morgan fingerprint density at radius 2 is 0.954 bits per heavy atom. The van der Waals surface area contributed by atoms with Gasteiger partial charge in [0.05, 0.1) is 6.54 Å². The molecule has 0 radical (unpaired) electrons. The lowest BCUT2D eigenvalue weighted by atomic mass is 9.75. The van der Waals surface area contributed by atoms with Crippen LogP contribution in [0.5, 0.6) is 11.5 Å². The highest BCUT2D eigenvalue weighted by atomic mass is 16.5. The zero-order valence-electron chi connectivity index (χ0n) is 36.1. The fraction of sp³-hybridized carbons (Fsp3) is 0.0690. The quantitative estimate of drug-likeness (QED) is 0.107. The minimum Gasteiger partial charge on any atom is -0.457 e. The van der Waals surface area contributed by atoms with Gasteiger partial charge in [0.1, 0.15) is 11.5 Å². The number of nitrogens with zero attached hydrogens (tertiary/aromatic N) is 6. The summed E-state index contributed by atoms with van der Waals surface area (Å²) in [5.74, 6) is 4.71. The number of hydrogen-bond donors (Lipinski definition) is 0. The average molecular weight is 841 g/mol. The normalized spacial score (nSPS) is 13.0. The fourth-order valence-electron chi connectivity index (χ4n) is 8.29. The molecule has 0 saturated carbocycles. The molecule has 7 nitrogen and oxygen atoms in total. The van der Waals surface area contributed by atoms with Gasteiger partial charge in [0.15, 0.2) is 29.1 Å². The maximum atomic E-state index is 6.34. The monoisotopic (exact) mass is 840 g/mol. The summed E-state index contributed by atoms with van der Waals surface area (Å²) in [7, 11) is 0. The smallest absolute Gasteiger partial charge is 0.164 e. The molecular formula is C58H44N6O. The maximum absolute atomic E-state index is 6.34. The van der Waals surface area contributed by atoms with Crippen LogP contribution >= 0.6 is 0 Å². The van der Waals surface area contributed by atoms with E-state index in [-0.39, 0.29) is 5.41 Å². The van der Waals surface area contributed by atoms with Crippen LogP contribution in [0.4, 0.5) is 0 Å². The summed E-state index contributed by atoms with van der Waals surface area (Å²) in [4.78, 5) is 29.4. The number of amidine groups is 2. The first-order valence-corrected chi connectivity index (χ1v) is 21.6. The summed E-state index contributed by atoms with van der Waals surface area (Å²) < 4.78 is 6.34. The molecule has 9 aromatic rings. The second kappa shape index (κ2) is 17.8. The van der Waals surface area contributed by atoms with Crippen LogP contribution in [0.15, 0.2) is 221 Å². The van der Waals surface area contributed by atoms with E-state index in [1.54, 1.807) is 0 Å². The van der Waals surface area contributed by atoms with E-state index in [9.17, 15) is 0 Å². The van der Waals surface area contributed by atoms with Gasteiger partial charge in [-0.1, -0.05) is 190 Å². The van der Waals surface area contributed by atoms with Gasteiger partial charge in [0.2, 0.25) is 0 Å². The van der Waals surface area contributed by atoms with E-state index in [1.165, 1.54) is 0 Å². The molecule has 1 aromatic heterocycles. The number of ether oxygens (including phenoxy) is 1. The van der Waals surface area contributed by atoms with Gasteiger partial charge >= 0.3 is 0 Å². The lowest BCUT2D eigenvalue weighted by Gasteiger charge is -2.34. The molecule has 1 aliphatic heterocycles. The van der Waals surface area contributed by atoms with E-state index in [2.05, 4.69) is 123 Å². The standard InChI is InChI=1S/C58H44N6O/c1-58(2)49-27-13-14-28-51(49)65-52-34-29-39(35-50(52)58)38-60-54(61-53(59-3)42-17-7-4-8-18-42)47-25-15-23-45(36-47)40-30-32-41(33-31-40)46-24-16-26-48(37-46)57-63-55(43-19-9-5-10-20-43)62-56(64-57)44-21-11-6-12-22-44/h4-37H,3,38H2,1-2H3. The highest BCUT2D eigenvalue weighted by molar-refractivity contribution is 6.13. The Labute approximate surface area is 379 Å². The van der Waals surface area contributed by atoms with Crippen LogP contribution in [0, 0.1) is 0 Å². The van der Waals surface area contributed by atoms with Gasteiger partial charge in [-0.2, -0.15) is 0 Å². The lowest BCUT2D eigenvalue weighted by Crippen LogP contribution is -2.24. The Morgan fingerprint density at radius 3 is 1.60 bits per heavy atom. The van der Waals surface area contributed by atoms with Gasteiger partial charge in [-0.05, 0) is 64.9 Å². The Balaban J connectivity index is 0.960. The summed E-state index contributed by atoms with van der Waals surface area (Å²) in [6, 6.07) is 69.9. The molecule has 65 heavy (non-hydrogen) atoms. The molecule has 2 heterocycles. The van der Waals surface area contributed by atoms with Crippen LogP contribution < -0.4 is 4.74 Å². The first-order valence-electron chi connectivity index (χ1n) is 21.6. The van der Waals surface area contributed by atoms with Crippen molar-refractivity contribution in [1.82, 2.24) is 15.0 Å². The molecule has 7 heteroatoms. The van der Waals surface area contributed by atoms with Crippen molar-refractivity contribution in [3.63, 3.8) is 0 Å². The molecule has 0 atom stereocenters. The molecule has 0 spiro atoms. The number of aromatic nitrogens is 3. The van der Waals surface area contributed by atoms with E-state index in [0.717, 1.165) is 78.3 Å². The zero-order valence-corrected chi connectivity index (χ0v) is 36.1. The Hall–Kier alpha value is -8.42. The third-order valence-corrected chi connectivity index (χ3v) is 11.8. The van der Waals surface area contributed by atoms with Crippen molar-refractivity contribution in [3.8, 4) is 67.9 Å². The van der Waals surface area contributed by atoms with E-state index < -0.39 is 0 Å². The van der Waals surface area contributed by atoms with E-state index in [1.807, 2.05) is 109 Å². The minimum absolute atomic E-state index is 0.238. The van der Waals surface area contributed by atoms with Crippen molar-refractivity contribution >= 4 is 18.4 Å². The van der Waals surface area contributed by atoms with Crippen molar-refractivity contribution < 1.29 is 4.74 Å². The van der Waals surface area contributed by atoms with Crippen LogP contribution in [0.2, 0.25) is 0 Å². The maximum Gasteiger partial charge on any atom is 0.164 e. The second-order valence-electron chi connectivity index (χ2n) is 16.4. The van der Waals surface area contributed by atoms with Crippen molar-refractivity contribution in [3.05, 3.63) is 234 Å². The summed E-state index contributed by atoms with van der Waals surface area (Å²) in [5.41, 5.74) is 11.9. The summed E-state index contributed by atoms with van der Waals surface area (Å²) >= 11 is 0. The third-order valence-electron chi connectivity index (χ3n) is 11.8. The number of benzene rings is 8. The molecule has 8 aromatic carbocycles. The van der Waals surface area contributed by atoms with Crippen molar-refractivity contribution in [2.45, 2.75) is 25.8 Å². The highest BCUT2D eigenvalue weighted by Crippen LogP contribution is 2.48. The Bertz CT molecular complexity index is 3180. The second-order valence-corrected chi connectivity index (χ2v) is 16.4. The zero-order chi connectivity index (χ0) is 44.2. The molecule has 0 aliphatic carbocycles. The van der Waals surface area contributed by atoms with E-state index >= 15 is 0 Å². The summed E-state index contributed by atoms with van der Waals surface area (Å²) in [5, 5.41) is 0. The first-order chi connectivity index (χ1) is 31.9. The number of aliphatic imine (C=N–C) groups is 3. The van der Waals surface area contributed by atoms with Gasteiger partial charge in [0.25, 0.3) is 0 Å². The minimum atomic E-state index is -0.238. The predicted molar refractivity (Wildman–Crippen MR) is 265 cm³/mol. The van der Waals surface area contributed by atoms with Gasteiger partial charge in [-0.15, -0.1) is 0 Å². The summed E-state index contributed by atoms with van der Waals surface area (Å²) in [6.45, 7) is 8.78. The molecule has 0 saturated heterocycles. The lowest BCUT2D eigenvalue weighted by molar-refractivity contribution is 0.417. The van der Waals surface area contributed by atoms with Crippen molar-refractivity contribution in [2.75, 3.05) is 0 Å². The Morgan fingerprint density at radius 1 is 0.446 bits per heavy atom. The molecule has 1 aliphatic rings. The molecular weight excluding hydrogens is 797 g/mol. The average Bonchev–Trinajstić information content (AvgIpc) is 3.37. The van der Waals surface area contributed by atoms with E-state index in [4.69, 9.17) is 29.7 Å². The largest absolute Gasteiger partial charge is 0.457 e. The molecule has 312 valence electrons. The SMILES string of the molecule is C=NC(=NC(=NCc1ccc2c(c1)C(C)(C)c1ccccc1O2)c1cccc(-c2ccc(-c3cccc(-c4nc(-c5ccccc5)nc(-c5ccccc5)n4)c3)cc2)c1)c1ccccc1. The number of para-hydroxylation sites is 1. The van der Waals surface area contributed by atoms with Crippen LogP contribution in [0.1, 0.15) is 41.7 Å². The molecule has 10 rings (SSSR count). The van der Waals surface area contributed by atoms with Crippen LogP contribution in [-0.4, -0.2) is 33.3 Å². The first kappa shape index (κ1) is 40.6. The van der Waals surface area contributed by atoms with Crippen molar-refractivity contribution in [1.29, 1.82) is 0 Å². The fourth-order valence-corrected chi connectivity index (χ4v) is 8.29. The number of fused-ring (bicyclic) bond motifs is 2. The van der Waals surface area contributed by atoms with Gasteiger partial charge < -0.3 is 4.74 Å². The van der Waals surface area contributed by atoms with Crippen molar-refractivity contribution in [2.24, 2.45) is 15.0 Å². The molecule has 0 amide bonds. The molecule has 0 bridgehead atoms. The van der Waals surface area contributed by atoms with Gasteiger partial charge in [-0.25, -0.2) is 24.9 Å². The van der Waals surface area contributed by atoms with Crippen LogP contribution in [0.25, 0.3) is 56.4 Å². The van der Waals surface area contributed by atoms with Crippen LogP contribution in [-0.2, 0) is 12.0 Å². The van der Waals surface area contributed by atoms with Gasteiger partial charge in [-0.3, -0.25) is 4.99 Å². The predicted octanol–water partition coefficient (Wildman–Crippen LogP) is 13.7. The number of hydrogen-bond acceptors (Lipinski definition) is 5. The Kier molecular flexibility index (Phi) is 11.1. The topological polar surface area (TPSA) is 85.0 Å². The third kappa shape index (κ3) is 8.55. The van der Waals surface area contributed by atoms with Crippen LogP contribution in [0.3, 0.4) is 0 Å². The van der Waals surface area contributed by atoms with Gasteiger partial charge in [0, 0.05) is 44.4 Å². The number of rotatable bonds is 9. The highest BCUT2D eigenvalue weighted by Gasteiger charge is 2.34. The van der Waals surface area contributed by atoms with E-state index in [0.29, 0.717) is 35.7 Å². The molecule has 0 fully saturated rings. The summed E-state index contributed by atoms with van der Waals surface area (Å²) in [6.07, 6.45) is 0. The molecule has 0 unspecified atom stereocenters.